The molecule has 0 saturated carbocycles. The number of carbonyl (C=O) groups is 3. The van der Waals surface area contributed by atoms with Gasteiger partial charge in [-0.2, -0.15) is 0 Å². The summed E-state index contributed by atoms with van der Waals surface area (Å²) in [6, 6.07) is 9.54. The van der Waals surface area contributed by atoms with Gasteiger partial charge in [-0.05, 0) is 18.4 Å². The van der Waals surface area contributed by atoms with Crippen LogP contribution in [0, 0.1) is 0 Å². The number of piperidine rings is 1. The molecule has 3 rings (SSSR count). The van der Waals surface area contributed by atoms with Crippen molar-refractivity contribution in [1.29, 1.82) is 0 Å². The molecule has 26 heavy (non-hydrogen) atoms. The van der Waals surface area contributed by atoms with Crippen molar-refractivity contribution in [3.05, 3.63) is 35.9 Å². The smallest absolute Gasteiger partial charge is 0.242 e. The molecule has 2 aliphatic rings. The summed E-state index contributed by atoms with van der Waals surface area (Å²) < 4.78 is 0. The highest BCUT2D eigenvalue weighted by Gasteiger charge is 2.31. The topological polar surface area (TPSA) is 81.8 Å². The van der Waals surface area contributed by atoms with Gasteiger partial charge in [0.2, 0.25) is 17.7 Å². The molecule has 1 unspecified atom stereocenters. The number of amides is 3. The predicted molar refractivity (Wildman–Crippen MR) is 97.3 cm³/mol. The Morgan fingerprint density at radius 1 is 1.19 bits per heavy atom. The molecule has 1 atom stereocenters. The summed E-state index contributed by atoms with van der Waals surface area (Å²) in [4.78, 5) is 40.2. The maximum atomic E-state index is 12.5. The lowest BCUT2D eigenvalue weighted by Gasteiger charge is -2.41. The van der Waals surface area contributed by atoms with E-state index < -0.39 is 0 Å². The molecule has 2 fully saturated rings. The van der Waals surface area contributed by atoms with E-state index in [4.69, 9.17) is 0 Å². The average Bonchev–Trinajstić information content (AvgIpc) is 2.67. The minimum absolute atomic E-state index is 0.00783. The molecule has 2 heterocycles. The fourth-order valence-corrected chi connectivity index (χ4v) is 3.57. The van der Waals surface area contributed by atoms with E-state index in [0.717, 1.165) is 24.9 Å². The first kappa shape index (κ1) is 18.4. The van der Waals surface area contributed by atoms with Gasteiger partial charge in [0.15, 0.2) is 0 Å². The number of nitrogens with one attached hydrogen (secondary N) is 2. The summed E-state index contributed by atoms with van der Waals surface area (Å²) >= 11 is 0. The van der Waals surface area contributed by atoms with Gasteiger partial charge in [0.05, 0.1) is 19.5 Å². The SMILES string of the molecule is O=C(Cc1ccccc1)NCC(=O)N1CCCC(N2CCNCC2=O)C1. The van der Waals surface area contributed by atoms with E-state index in [9.17, 15) is 14.4 Å². The molecule has 7 nitrogen and oxygen atoms in total. The van der Waals surface area contributed by atoms with E-state index >= 15 is 0 Å². The molecule has 2 N–H and O–H groups in total. The van der Waals surface area contributed by atoms with Crippen molar-refractivity contribution in [2.24, 2.45) is 0 Å². The number of hydrogen-bond donors (Lipinski definition) is 2. The predicted octanol–water partition coefficient (Wildman–Crippen LogP) is -0.232. The van der Waals surface area contributed by atoms with E-state index in [1.165, 1.54) is 0 Å². The highest BCUT2D eigenvalue weighted by atomic mass is 16.2. The van der Waals surface area contributed by atoms with Crippen LogP contribution < -0.4 is 10.6 Å². The van der Waals surface area contributed by atoms with Crippen LogP contribution in [0.25, 0.3) is 0 Å². The second-order valence-corrected chi connectivity index (χ2v) is 6.84. The Bertz CT molecular complexity index is 649. The van der Waals surface area contributed by atoms with Crippen molar-refractivity contribution in [2.75, 3.05) is 39.3 Å². The van der Waals surface area contributed by atoms with E-state index in [1.807, 2.05) is 35.2 Å². The number of likely N-dealkylation sites (tertiary alicyclic amines) is 1. The van der Waals surface area contributed by atoms with Crippen LogP contribution in [-0.4, -0.2) is 72.8 Å². The molecule has 0 bridgehead atoms. The van der Waals surface area contributed by atoms with Crippen molar-refractivity contribution in [2.45, 2.75) is 25.3 Å². The lowest BCUT2D eigenvalue weighted by atomic mass is 10.0. The zero-order chi connectivity index (χ0) is 18.4. The quantitative estimate of drug-likeness (QED) is 0.762. The van der Waals surface area contributed by atoms with Gasteiger partial charge in [0, 0.05) is 32.2 Å². The van der Waals surface area contributed by atoms with Crippen LogP contribution in [0.4, 0.5) is 0 Å². The van der Waals surface area contributed by atoms with Crippen LogP contribution >= 0.6 is 0 Å². The minimum atomic E-state index is -0.157. The number of benzene rings is 1. The summed E-state index contributed by atoms with van der Waals surface area (Å²) in [5.74, 6) is -0.138. The average molecular weight is 358 g/mol. The number of piperazine rings is 1. The Balaban J connectivity index is 1.46. The standard InChI is InChI=1S/C19H26N4O3/c24-17(11-15-5-2-1-3-6-15)21-13-18(25)22-9-4-7-16(14-22)23-10-8-20-12-19(23)26/h1-3,5-6,16,20H,4,7-14H2,(H,21,24). The lowest BCUT2D eigenvalue weighted by Crippen LogP contribution is -2.58. The normalized spacial score (nSPS) is 20.8. The van der Waals surface area contributed by atoms with Crippen LogP contribution in [0.15, 0.2) is 30.3 Å². The molecule has 0 aromatic heterocycles. The van der Waals surface area contributed by atoms with E-state index in [0.29, 0.717) is 26.2 Å². The molecule has 2 aliphatic heterocycles. The molecule has 2 saturated heterocycles. The van der Waals surface area contributed by atoms with Gasteiger partial charge in [0.25, 0.3) is 0 Å². The monoisotopic (exact) mass is 358 g/mol. The third-order valence-electron chi connectivity index (χ3n) is 4.96. The van der Waals surface area contributed by atoms with Crippen LogP contribution in [-0.2, 0) is 20.8 Å². The van der Waals surface area contributed by atoms with Gasteiger partial charge >= 0.3 is 0 Å². The number of rotatable bonds is 5. The highest BCUT2D eigenvalue weighted by Crippen LogP contribution is 2.17. The van der Waals surface area contributed by atoms with Gasteiger partial charge in [0.1, 0.15) is 0 Å². The summed E-state index contributed by atoms with van der Waals surface area (Å²) in [6.07, 6.45) is 2.08. The summed E-state index contributed by atoms with van der Waals surface area (Å²) in [7, 11) is 0. The molecular weight excluding hydrogens is 332 g/mol. The highest BCUT2D eigenvalue weighted by molar-refractivity contribution is 5.86. The molecule has 1 aromatic rings. The van der Waals surface area contributed by atoms with Gasteiger partial charge in [-0.25, -0.2) is 0 Å². The third-order valence-corrected chi connectivity index (χ3v) is 4.96. The van der Waals surface area contributed by atoms with E-state index in [2.05, 4.69) is 10.6 Å². The molecule has 0 spiro atoms. The molecule has 3 amide bonds. The second-order valence-electron chi connectivity index (χ2n) is 6.84. The molecular formula is C19H26N4O3. The molecule has 0 aliphatic carbocycles. The van der Waals surface area contributed by atoms with Crippen molar-refractivity contribution >= 4 is 17.7 Å². The summed E-state index contributed by atoms with van der Waals surface area (Å²) in [6.45, 7) is 3.11. The first-order valence-corrected chi connectivity index (χ1v) is 9.22. The lowest BCUT2D eigenvalue weighted by molar-refractivity contribution is -0.140. The Kier molecular flexibility index (Phi) is 6.22. The maximum Gasteiger partial charge on any atom is 0.242 e. The number of nitrogens with zero attached hydrogens (tertiary/aromatic N) is 2. The van der Waals surface area contributed by atoms with Gasteiger partial charge in [-0.15, -0.1) is 0 Å². The third kappa shape index (κ3) is 4.82. The zero-order valence-electron chi connectivity index (χ0n) is 14.9. The second kappa shape index (κ2) is 8.80. The van der Waals surface area contributed by atoms with Crippen LogP contribution in [0.2, 0.25) is 0 Å². The first-order valence-electron chi connectivity index (χ1n) is 9.22. The fraction of sp³-hybridized carbons (Fsp3) is 0.526. The van der Waals surface area contributed by atoms with Gasteiger partial charge < -0.3 is 20.4 Å². The first-order chi connectivity index (χ1) is 12.6. The summed E-state index contributed by atoms with van der Waals surface area (Å²) in [5.41, 5.74) is 0.924. The van der Waals surface area contributed by atoms with Crippen molar-refractivity contribution in [3.63, 3.8) is 0 Å². The van der Waals surface area contributed by atoms with Crippen molar-refractivity contribution in [1.82, 2.24) is 20.4 Å². The minimum Gasteiger partial charge on any atom is -0.347 e. The molecule has 7 heteroatoms. The molecule has 140 valence electrons. The summed E-state index contributed by atoms with van der Waals surface area (Å²) in [5, 5.41) is 5.78. The molecule has 0 radical (unpaired) electrons. The van der Waals surface area contributed by atoms with Crippen LogP contribution in [0.3, 0.4) is 0 Å². The maximum absolute atomic E-state index is 12.5. The van der Waals surface area contributed by atoms with Crippen LogP contribution in [0.1, 0.15) is 18.4 Å². The van der Waals surface area contributed by atoms with E-state index in [1.54, 1.807) is 4.90 Å². The fourth-order valence-electron chi connectivity index (χ4n) is 3.57. The van der Waals surface area contributed by atoms with Gasteiger partial charge in [-0.3, -0.25) is 14.4 Å². The largest absolute Gasteiger partial charge is 0.347 e. The Labute approximate surface area is 153 Å². The van der Waals surface area contributed by atoms with Crippen molar-refractivity contribution in [3.8, 4) is 0 Å². The zero-order valence-corrected chi connectivity index (χ0v) is 14.9. The van der Waals surface area contributed by atoms with E-state index in [-0.39, 0.29) is 36.7 Å². The van der Waals surface area contributed by atoms with Gasteiger partial charge in [-0.1, -0.05) is 30.3 Å². The van der Waals surface area contributed by atoms with Crippen molar-refractivity contribution < 1.29 is 14.4 Å². The number of carbonyl (C=O) groups excluding carboxylic acids is 3. The van der Waals surface area contributed by atoms with Crippen LogP contribution in [0.5, 0.6) is 0 Å². The Hall–Kier alpha value is -2.41. The Morgan fingerprint density at radius 2 is 2.00 bits per heavy atom. The Morgan fingerprint density at radius 3 is 2.77 bits per heavy atom. The number of hydrogen-bond acceptors (Lipinski definition) is 4. The molecule has 1 aromatic carbocycles.